The first-order chi connectivity index (χ1) is 10.4. The van der Waals surface area contributed by atoms with Crippen molar-refractivity contribution in [3.63, 3.8) is 0 Å². The Morgan fingerprint density at radius 2 is 1.64 bits per heavy atom. The van der Waals surface area contributed by atoms with Crippen LogP contribution in [0.5, 0.6) is 5.75 Å². The van der Waals surface area contributed by atoms with Gasteiger partial charge in [-0.25, -0.2) is 14.0 Å². The van der Waals surface area contributed by atoms with E-state index < -0.39 is 17.8 Å². The third kappa shape index (κ3) is 3.55. The number of halogens is 3. The number of hydrogen-bond acceptors (Lipinski definition) is 4. The molecule has 0 aliphatic heterocycles. The Balaban J connectivity index is 2.19. The maximum Gasteiger partial charge on any atom is 0.345 e. The lowest BCUT2D eigenvalue weighted by Crippen LogP contribution is -2.10. The highest BCUT2D eigenvalue weighted by molar-refractivity contribution is 6.36. The molecule has 4 nitrogen and oxygen atoms in total. The first-order valence-corrected chi connectivity index (χ1v) is 6.73. The van der Waals surface area contributed by atoms with Crippen molar-refractivity contribution in [3.8, 4) is 5.75 Å². The molecule has 0 radical (unpaired) electrons. The highest BCUT2D eigenvalue weighted by Gasteiger charge is 2.16. The molecular formula is C15H9Cl2FO4. The van der Waals surface area contributed by atoms with Gasteiger partial charge in [-0.15, -0.1) is 0 Å². The van der Waals surface area contributed by atoms with Crippen LogP contribution in [0.25, 0.3) is 0 Å². The quantitative estimate of drug-likeness (QED) is 0.478. The number of rotatable bonds is 3. The Hall–Kier alpha value is -2.11. The lowest BCUT2D eigenvalue weighted by molar-refractivity contribution is 0.0600. The van der Waals surface area contributed by atoms with Crippen LogP contribution in [0, 0.1) is 5.82 Å². The van der Waals surface area contributed by atoms with Gasteiger partial charge in [-0.2, -0.15) is 0 Å². The summed E-state index contributed by atoms with van der Waals surface area (Å²) in [6.07, 6.45) is 0. The van der Waals surface area contributed by atoms with Gasteiger partial charge in [0, 0.05) is 0 Å². The average molecular weight is 343 g/mol. The largest absolute Gasteiger partial charge is 0.465 e. The fourth-order valence-corrected chi connectivity index (χ4v) is 2.08. The molecule has 0 bridgehead atoms. The van der Waals surface area contributed by atoms with Gasteiger partial charge >= 0.3 is 11.9 Å². The van der Waals surface area contributed by atoms with E-state index in [1.165, 1.54) is 31.4 Å². The number of carbonyl (C=O) groups is 2. The summed E-state index contributed by atoms with van der Waals surface area (Å²) in [5.41, 5.74) is 0.151. The lowest BCUT2D eigenvalue weighted by Gasteiger charge is -2.07. The smallest absolute Gasteiger partial charge is 0.345 e. The van der Waals surface area contributed by atoms with E-state index in [-0.39, 0.29) is 21.4 Å². The maximum atomic E-state index is 13.4. The minimum absolute atomic E-state index is 0.0254. The van der Waals surface area contributed by atoms with Gasteiger partial charge in [-0.1, -0.05) is 23.2 Å². The van der Waals surface area contributed by atoms with Gasteiger partial charge < -0.3 is 9.47 Å². The van der Waals surface area contributed by atoms with Crippen LogP contribution in [-0.4, -0.2) is 19.0 Å². The highest BCUT2D eigenvalue weighted by Crippen LogP contribution is 2.25. The number of ether oxygens (including phenoxy) is 2. The Morgan fingerprint density at radius 1 is 1.00 bits per heavy atom. The van der Waals surface area contributed by atoms with Crippen molar-refractivity contribution in [2.45, 2.75) is 0 Å². The van der Waals surface area contributed by atoms with Crippen molar-refractivity contribution < 1.29 is 23.5 Å². The van der Waals surface area contributed by atoms with Crippen molar-refractivity contribution in [2.75, 3.05) is 7.11 Å². The van der Waals surface area contributed by atoms with Gasteiger partial charge in [0.15, 0.2) is 0 Å². The zero-order chi connectivity index (χ0) is 16.3. The molecule has 2 rings (SSSR count). The van der Waals surface area contributed by atoms with E-state index in [0.29, 0.717) is 5.56 Å². The standard InChI is InChI=1S/C15H9Cl2FO4/c1-21-14(19)8-2-4-9(5-3-8)22-15(20)10-6-13(18)12(17)7-11(10)16/h2-7H,1H3. The fourth-order valence-electron chi connectivity index (χ4n) is 1.62. The molecule has 0 amide bonds. The molecular weight excluding hydrogens is 334 g/mol. The van der Waals surface area contributed by atoms with Crippen LogP contribution >= 0.6 is 23.2 Å². The molecule has 0 heterocycles. The van der Waals surface area contributed by atoms with E-state index in [1.54, 1.807) is 0 Å². The maximum absolute atomic E-state index is 13.4. The second-order valence-corrected chi connectivity index (χ2v) is 4.97. The van der Waals surface area contributed by atoms with E-state index in [0.717, 1.165) is 12.1 Å². The number of methoxy groups -OCH3 is 1. The minimum Gasteiger partial charge on any atom is -0.465 e. The first kappa shape index (κ1) is 16.3. The Bertz CT molecular complexity index is 729. The summed E-state index contributed by atoms with van der Waals surface area (Å²) in [4.78, 5) is 23.2. The van der Waals surface area contributed by atoms with Crippen molar-refractivity contribution in [1.82, 2.24) is 0 Å². The SMILES string of the molecule is COC(=O)c1ccc(OC(=O)c2cc(F)c(Cl)cc2Cl)cc1. The first-order valence-electron chi connectivity index (χ1n) is 5.97. The van der Waals surface area contributed by atoms with Crippen molar-refractivity contribution >= 4 is 35.1 Å². The molecule has 7 heteroatoms. The number of benzene rings is 2. The Labute approximate surface area is 135 Å². The zero-order valence-corrected chi connectivity index (χ0v) is 12.7. The summed E-state index contributed by atoms with van der Waals surface area (Å²) >= 11 is 11.4. The number of hydrogen-bond donors (Lipinski definition) is 0. The number of esters is 2. The summed E-state index contributed by atoms with van der Waals surface area (Å²) in [6, 6.07) is 7.69. The summed E-state index contributed by atoms with van der Waals surface area (Å²) in [7, 11) is 1.26. The third-order valence-electron chi connectivity index (χ3n) is 2.72. The summed E-state index contributed by atoms with van der Waals surface area (Å²) in [5.74, 6) is -1.96. The van der Waals surface area contributed by atoms with Crippen LogP contribution in [0.1, 0.15) is 20.7 Å². The van der Waals surface area contributed by atoms with Crippen LogP contribution < -0.4 is 4.74 Å². The highest BCUT2D eigenvalue weighted by atomic mass is 35.5. The van der Waals surface area contributed by atoms with E-state index in [9.17, 15) is 14.0 Å². The second kappa shape index (κ2) is 6.77. The van der Waals surface area contributed by atoms with Gasteiger partial charge in [-0.05, 0) is 36.4 Å². The molecule has 0 unspecified atom stereocenters. The normalized spacial score (nSPS) is 10.2. The van der Waals surface area contributed by atoms with E-state index >= 15 is 0 Å². The molecule has 0 atom stereocenters. The van der Waals surface area contributed by atoms with Gasteiger partial charge in [0.2, 0.25) is 0 Å². The third-order valence-corrected chi connectivity index (χ3v) is 3.32. The predicted octanol–water partition coefficient (Wildman–Crippen LogP) is 4.14. The molecule has 22 heavy (non-hydrogen) atoms. The van der Waals surface area contributed by atoms with Crippen molar-refractivity contribution in [2.24, 2.45) is 0 Å². The molecule has 0 saturated heterocycles. The molecule has 0 spiro atoms. The molecule has 2 aromatic rings. The summed E-state index contributed by atoms with van der Waals surface area (Å²) < 4.78 is 23.0. The lowest BCUT2D eigenvalue weighted by atomic mass is 10.2. The van der Waals surface area contributed by atoms with E-state index in [2.05, 4.69) is 4.74 Å². The molecule has 0 N–H and O–H groups in total. The van der Waals surface area contributed by atoms with Crippen molar-refractivity contribution in [1.29, 1.82) is 0 Å². The Kier molecular flexibility index (Phi) is 5.00. The van der Waals surface area contributed by atoms with Crippen LogP contribution in [-0.2, 0) is 4.74 Å². The minimum atomic E-state index is -0.841. The van der Waals surface area contributed by atoms with E-state index in [1.807, 2.05) is 0 Å². The monoisotopic (exact) mass is 342 g/mol. The molecule has 0 aliphatic carbocycles. The van der Waals surface area contributed by atoms with Gasteiger partial charge in [0.25, 0.3) is 0 Å². The van der Waals surface area contributed by atoms with Gasteiger partial charge in [0.1, 0.15) is 11.6 Å². The van der Waals surface area contributed by atoms with Crippen LogP contribution in [0.4, 0.5) is 4.39 Å². The molecule has 2 aromatic carbocycles. The van der Waals surface area contributed by atoms with E-state index in [4.69, 9.17) is 27.9 Å². The Morgan fingerprint density at radius 3 is 2.23 bits per heavy atom. The van der Waals surface area contributed by atoms with Crippen molar-refractivity contribution in [3.05, 3.63) is 63.4 Å². The molecule has 114 valence electrons. The molecule has 0 aromatic heterocycles. The van der Waals surface area contributed by atoms with Crippen LogP contribution in [0.3, 0.4) is 0 Å². The summed E-state index contributed by atoms with van der Waals surface area (Å²) in [6.45, 7) is 0. The number of carbonyl (C=O) groups excluding carboxylic acids is 2. The summed E-state index contributed by atoms with van der Waals surface area (Å²) in [5, 5.41) is -0.216. The predicted molar refractivity (Wildman–Crippen MR) is 79.2 cm³/mol. The second-order valence-electron chi connectivity index (χ2n) is 4.15. The van der Waals surface area contributed by atoms with Crippen LogP contribution in [0.15, 0.2) is 36.4 Å². The van der Waals surface area contributed by atoms with Gasteiger partial charge in [-0.3, -0.25) is 0 Å². The fraction of sp³-hybridized carbons (Fsp3) is 0.0667. The van der Waals surface area contributed by atoms with Gasteiger partial charge in [0.05, 0.1) is 28.3 Å². The topological polar surface area (TPSA) is 52.6 Å². The van der Waals surface area contributed by atoms with Crippen LogP contribution in [0.2, 0.25) is 10.0 Å². The molecule has 0 fully saturated rings. The molecule has 0 saturated carbocycles. The zero-order valence-electron chi connectivity index (χ0n) is 11.2. The molecule has 0 aliphatic rings. The average Bonchev–Trinajstić information content (AvgIpc) is 2.50.